The summed E-state index contributed by atoms with van der Waals surface area (Å²) in [6.45, 7) is 0. The van der Waals surface area contributed by atoms with Crippen LogP contribution in [0.2, 0.25) is 0 Å². The Morgan fingerprint density at radius 1 is 1.24 bits per heavy atom. The number of carboxylic acids is 1. The number of carbonyl (C=O) groups excluding carboxylic acids is 1. The maximum atomic E-state index is 12.9. The number of methoxy groups -OCH3 is 1. The van der Waals surface area contributed by atoms with Gasteiger partial charge in [0.15, 0.2) is 5.75 Å². The number of aliphatic carboxylic acids is 1. The second-order valence-electron chi connectivity index (χ2n) is 8.99. The summed E-state index contributed by atoms with van der Waals surface area (Å²) in [7, 11) is 3.04. The Balaban J connectivity index is 1.46. The molecule has 0 bridgehead atoms. The van der Waals surface area contributed by atoms with Crippen LogP contribution in [0.3, 0.4) is 0 Å². The number of carbonyl (C=O) groups is 2. The van der Waals surface area contributed by atoms with Crippen LogP contribution in [0.4, 0.5) is 0 Å². The lowest BCUT2D eigenvalue weighted by Gasteiger charge is -2.24. The fourth-order valence-corrected chi connectivity index (χ4v) is 4.51. The topological polar surface area (TPSA) is 123 Å². The number of rotatable bonds is 9. The van der Waals surface area contributed by atoms with Crippen LogP contribution in [0.5, 0.6) is 5.75 Å². The smallest absolute Gasteiger partial charge is 0.326 e. The maximum absolute atomic E-state index is 12.9. The molecule has 0 radical (unpaired) electrons. The summed E-state index contributed by atoms with van der Waals surface area (Å²) in [5.74, 6) is -0.941. The van der Waals surface area contributed by atoms with Gasteiger partial charge in [-0.3, -0.25) is 9.59 Å². The van der Waals surface area contributed by atoms with Gasteiger partial charge in [0.2, 0.25) is 5.91 Å². The molecule has 9 nitrogen and oxygen atoms in total. The molecule has 1 atom stereocenters. The molecule has 0 aliphatic heterocycles. The van der Waals surface area contributed by atoms with E-state index in [1.165, 1.54) is 30.8 Å². The molecule has 2 aliphatic carbocycles. The molecule has 33 heavy (non-hydrogen) atoms. The Morgan fingerprint density at radius 2 is 1.91 bits per heavy atom. The van der Waals surface area contributed by atoms with Gasteiger partial charge in [-0.2, -0.15) is 5.10 Å². The van der Waals surface area contributed by atoms with Crippen LogP contribution in [0.25, 0.3) is 11.1 Å². The van der Waals surface area contributed by atoms with Crippen molar-refractivity contribution in [3.63, 3.8) is 0 Å². The molecule has 4 rings (SSSR count). The van der Waals surface area contributed by atoms with E-state index in [2.05, 4.69) is 15.7 Å². The summed E-state index contributed by atoms with van der Waals surface area (Å²) < 4.78 is 6.52. The Morgan fingerprint density at radius 3 is 2.48 bits per heavy atom. The van der Waals surface area contributed by atoms with Crippen LogP contribution in [0.1, 0.15) is 44.1 Å². The molecule has 9 heteroatoms. The average molecular weight is 455 g/mol. The fourth-order valence-electron chi connectivity index (χ4n) is 4.51. The van der Waals surface area contributed by atoms with Gasteiger partial charge in [-0.25, -0.2) is 9.48 Å². The number of aromatic nitrogens is 2. The highest BCUT2D eigenvalue weighted by Gasteiger charge is 2.51. The highest BCUT2D eigenvalue weighted by atomic mass is 16.5. The minimum atomic E-state index is -1.08. The molecule has 1 heterocycles. The number of benzene rings is 1. The second-order valence-corrected chi connectivity index (χ2v) is 8.99. The average Bonchev–Trinajstić information content (AvgIpc) is 3.41. The number of nitrogens with one attached hydrogen (secondary N) is 2. The van der Waals surface area contributed by atoms with Crippen LogP contribution < -0.4 is 20.9 Å². The van der Waals surface area contributed by atoms with Gasteiger partial charge in [-0.05, 0) is 36.8 Å². The van der Waals surface area contributed by atoms with Crippen LogP contribution in [-0.4, -0.2) is 51.5 Å². The SMILES string of the molecule is COc1cnn(C)c(=O)c1-c1ccc(C[C@H](NC(=O)C2(NC3CCCC3)CC2)C(=O)O)cc1. The molecule has 2 aliphatic rings. The van der Waals surface area contributed by atoms with E-state index in [0.29, 0.717) is 22.9 Å². The third kappa shape index (κ3) is 4.93. The molecule has 2 saturated carbocycles. The largest absolute Gasteiger partial charge is 0.494 e. The standard InChI is InChI=1S/C24H30N4O5/c1-28-21(29)20(19(33-2)14-25-28)16-9-7-15(8-10-16)13-18(22(30)31)26-23(32)24(11-12-24)27-17-5-3-4-6-17/h7-10,14,17-18,27H,3-6,11-13H2,1-2H3,(H,26,32)(H,30,31)/t18-/m0/s1. The highest BCUT2D eigenvalue weighted by molar-refractivity contribution is 5.92. The molecule has 3 N–H and O–H groups in total. The predicted octanol–water partition coefficient (Wildman–Crippen LogP) is 1.63. The van der Waals surface area contributed by atoms with E-state index in [0.717, 1.165) is 31.2 Å². The number of amides is 1. The summed E-state index contributed by atoms with van der Waals surface area (Å²) in [6.07, 6.45) is 7.56. The number of ether oxygens (including phenoxy) is 1. The van der Waals surface area contributed by atoms with Crippen molar-refractivity contribution in [2.45, 2.75) is 62.6 Å². The monoisotopic (exact) mass is 454 g/mol. The van der Waals surface area contributed by atoms with Crippen molar-refractivity contribution in [2.75, 3.05) is 7.11 Å². The van der Waals surface area contributed by atoms with Crippen molar-refractivity contribution < 1.29 is 19.4 Å². The molecule has 1 amide bonds. The van der Waals surface area contributed by atoms with E-state index >= 15 is 0 Å². The maximum Gasteiger partial charge on any atom is 0.326 e. The zero-order valence-electron chi connectivity index (χ0n) is 19.0. The minimum absolute atomic E-state index is 0.145. The first-order valence-electron chi connectivity index (χ1n) is 11.3. The summed E-state index contributed by atoms with van der Waals surface area (Å²) in [6, 6.07) is 6.33. The van der Waals surface area contributed by atoms with E-state index in [1.807, 2.05) is 0 Å². The van der Waals surface area contributed by atoms with Gasteiger partial charge in [0, 0.05) is 19.5 Å². The quantitative estimate of drug-likeness (QED) is 0.526. The number of aryl methyl sites for hydroxylation is 1. The molecule has 2 fully saturated rings. The van der Waals surface area contributed by atoms with Gasteiger partial charge in [-0.1, -0.05) is 37.1 Å². The van der Waals surface area contributed by atoms with Gasteiger partial charge in [0.05, 0.1) is 24.4 Å². The van der Waals surface area contributed by atoms with Crippen molar-refractivity contribution in [3.8, 4) is 16.9 Å². The third-order valence-corrected chi connectivity index (χ3v) is 6.63. The lowest BCUT2D eigenvalue weighted by atomic mass is 10.0. The van der Waals surface area contributed by atoms with Crippen LogP contribution in [-0.2, 0) is 23.1 Å². The van der Waals surface area contributed by atoms with Crippen molar-refractivity contribution in [1.29, 1.82) is 0 Å². The molecule has 1 aromatic heterocycles. The number of carboxylic acid groups (broad SMARTS) is 1. The van der Waals surface area contributed by atoms with E-state index in [1.54, 1.807) is 31.3 Å². The van der Waals surface area contributed by atoms with Gasteiger partial charge >= 0.3 is 5.97 Å². The Hall–Kier alpha value is -3.20. The van der Waals surface area contributed by atoms with E-state index in [9.17, 15) is 19.5 Å². The third-order valence-electron chi connectivity index (χ3n) is 6.63. The minimum Gasteiger partial charge on any atom is -0.494 e. The zero-order chi connectivity index (χ0) is 23.6. The van der Waals surface area contributed by atoms with Crippen LogP contribution >= 0.6 is 0 Å². The molecular formula is C24H30N4O5. The lowest BCUT2D eigenvalue weighted by Crippen LogP contribution is -2.54. The first-order valence-corrected chi connectivity index (χ1v) is 11.3. The number of hydrogen-bond donors (Lipinski definition) is 3. The number of hydrogen-bond acceptors (Lipinski definition) is 6. The highest BCUT2D eigenvalue weighted by Crippen LogP contribution is 2.38. The molecule has 1 aromatic carbocycles. The molecule has 0 spiro atoms. The van der Waals surface area contributed by atoms with Gasteiger partial charge in [-0.15, -0.1) is 0 Å². The summed E-state index contributed by atoms with van der Waals surface area (Å²) >= 11 is 0. The fraction of sp³-hybridized carbons (Fsp3) is 0.500. The van der Waals surface area contributed by atoms with Gasteiger partial charge in [0.25, 0.3) is 5.56 Å². The van der Waals surface area contributed by atoms with E-state index in [4.69, 9.17) is 4.74 Å². The van der Waals surface area contributed by atoms with Crippen LogP contribution in [0, 0.1) is 0 Å². The molecular weight excluding hydrogens is 424 g/mol. The van der Waals surface area contributed by atoms with Gasteiger partial charge in [0.1, 0.15) is 6.04 Å². The van der Waals surface area contributed by atoms with Crippen molar-refractivity contribution >= 4 is 11.9 Å². The summed E-state index contributed by atoms with van der Waals surface area (Å²) in [5.41, 5.74) is 0.863. The van der Waals surface area contributed by atoms with Crippen molar-refractivity contribution in [3.05, 3.63) is 46.4 Å². The van der Waals surface area contributed by atoms with Crippen molar-refractivity contribution in [1.82, 2.24) is 20.4 Å². The Kier molecular flexibility index (Phi) is 6.51. The predicted molar refractivity (Wildman–Crippen MR) is 122 cm³/mol. The Bertz CT molecular complexity index is 1090. The van der Waals surface area contributed by atoms with Gasteiger partial charge < -0.3 is 20.5 Å². The van der Waals surface area contributed by atoms with E-state index < -0.39 is 17.6 Å². The number of nitrogens with zero attached hydrogens (tertiary/aromatic N) is 2. The molecule has 0 unspecified atom stereocenters. The van der Waals surface area contributed by atoms with E-state index in [-0.39, 0.29) is 17.9 Å². The molecule has 2 aromatic rings. The molecule has 0 saturated heterocycles. The molecule has 176 valence electrons. The first-order chi connectivity index (χ1) is 15.8. The Labute approximate surface area is 192 Å². The second kappa shape index (κ2) is 9.35. The lowest BCUT2D eigenvalue weighted by molar-refractivity contribution is -0.142. The van der Waals surface area contributed by atoms with Crippen molar-refractivity contribution in [2.24, 2.45) is 7.05 Å². The summed E-state index contributed by atoms with van der Waals surface area (Å²) in [4.78, 5) is 37.3. The summed E-state index contributed by atoms with van der Waals surface area (Å²) in [5, 5.41) is 19.9. The normalized spacial score (nSPS) is 18.0. The van der Waals surface area contributed by atoms with Crippen LogP contribution in [0.15, 0.2) is 35.3 Å². The zero-order valence-corrected chi connectivity index (χ0v) is 19.0. The first kappa shape index (κ1) is 23.0.